The maximum atomic E-state index is 5.90. The SMILES string of the molecule is CCNC(=NCCCNc1ccccc1)NC1CC2CCC1O2. The van der Waals surface area contributed by atoms with Crippen LogP contribution in [-0.2, 0) is 4.74 Å². The second-order valence-electron chi connectivity index (χ2n) is 6.27. The van der Waals surface area contributed by atoms with E-state index in [1.807, 2.05) is 18.2 Å². The molecule has 3 unspecified atom stereocenters. The molecule has 0 spiro atoms. The topological polar surface area (TPSA) is 57.7 Å². The molecule has 3 rings (SSSR count). The number of guanidine groups is 1. The first-order valence-electron chi connectivity index (χ1n) is 8.84. The van der Waals surface area contributed by atoms with Crippen LogP contribution in [0.5, 0.6) is 0 Å². The van der Waals surface area contributed by atoms with Crippen LogP contribution in [0.3, 0.4) is 0 Å². The fourth-order valence-corrected chi connectivity index (χ4v) is 3.34. The van der Waals surface area contributed by atoms with Gasteiger partial charge >= 0.3 is 0 Å². The van der Waals surface area contributed by atoms with Crippen molar-refractivity contribution in [3.8, 4) is 0 Å². The summed E-state index contributed by atoms with van der Waals surface area (Å²) >= 11 is 0. The Morgan fingerprint density at radius 2 is 2.13 bits per heavy atom. The van der Waals surface area contributed by atoms with Crippen molar-refractivity contribution >= 4 is 11.6 Å². The van der Waals surface area contributed by atoms with Crippen LogP contribution in [0.1, 0.15) is 32.6 Å². The Balaban J connectivity index is 1.40. The first-order valence-corrected chi connectivity index (χ1v) is 8.84. The first kappa shape index (κ1) is 16.1. The smallest absolute Gasteiger partial charge is 0.191 e. The summed E-state index contributed by atoms with van der Waals surface area (Å²) in [6.45, 7) is 4.74. The maximum Gasteiger partial charge on any atom is 0.191 e. The molecule has 2 aliphatic heterocycles. The van der Waals surface area contributed by atoms with Crippen molar-refractivity contribution in [2.75, 3.05) is 25.0 Å². The van der Waals surface area contributed by atoms with Gasteiger partial charge in [-0.1, -0.05) is 18.2 Å². The van der Waals surface area contributed by atoms with E-state index in [-0.39, 0.29) is 0 Å². The average molecular weight is 316 g/mol. The Bertz CT molecular complexity index is 505. The van der Waals surface area contributed by atoms with Crippen molar-refractivity contribution in [2.45, 2.75) is 50.9 Å². The van der Waals surface area contributed by atoms with Gasteiger partial charge in [0.1, 0.15) is 0 Å². The van der Waals surface area contributed by atoms with E-state index in [0.29, 0.717) is 18.2 Å². The third-order valence-electron chi connectivity index (χ3n) is 4.48. The van der Waals surface area contributed by atoms with Gasteiger partial charge in [-0.2, -0.15) is 0 Å². The molecule has 5 heteroatoms. The molecule has 2 fully saturated rings. The van der Waals surface area contributed by atoms with Crippen molar-refractivity contribution in [3.05, 3.63) is 30.3 Å². The quantitative estimate of drug-likeness (QED) is 0.411. The van der Waals surface area contributed by atoms with Gasteiger partial charge in [0.2, 0.25) is 0 Å². The van der Waals surface area contributed by atoms with E-state index in [0.717, 1.165) is 38.4 Å². The Labute approximate surface area is 138 Å². The molecule has 5 nitrogen and oxygen atoms in total. The number of fused-ring (bicyclic) bond motifs is 2. The maximum absolute atomic E-state index is 5.90. The number of rotatable bonds is 7. The van der Waals surface area contributed by atoms with Gasteiger partial charge in [-0.15, -0.1) is 0 Å². The van der Waals surface area contributed by atoms with E-state index in [4.69, 9.17) is 9.73 Å². The molecular weight excluding hydrogens is 288 g/mol. The van der Waals surface area contributed by atoms with E-state index in [1.54, 1.807) is 0 Å². The van der Waals surface area contributed by atoms with Gasteiger partial charge in [-0.3, -0.25) is 4.99 Å². The lowest BCUT2D eigenvalue weighted by atomic mass is 9.96. The predicted molar refractivity (Wildman–Crippen MR) is 95.0 cm³/mol. The number of para-hydroxylation sites is 1. The number of anilines is 1. The van der Waals surface area contributed by atoms with E-state index >= 15 is 0 Å². The lowest BCUT2D eigenvalue weighted by Crippen LogP contribution is -2.47. The number of benzene rings is 1. The molecule has 3 N–H and O–H groups in total. The zero-order valence-corrected chi connectivity index (χ0v) is 13.9. The highest BCUT2D eigenvalue weighted by Crippen LogP contribution is 2.34. The van der Waals surface area contributed by atoms with Crippen molar-refractivity contribution < 1.29 is 4.74 Å². The molecule has 2 heterocycles. The average Bonchev–Trinajstić information content (AvgIpc) is 3.18. The number of aliphatic imine (C=N–C) groups is 1. The van der Waals surface area contributed by atoms with Crippen molar-refractivity contribution in [2.24, 2.45) is 4.99 Å². The van der Waals surface area contributed by atoms with Gasteiger partial charge in [0.25, 0.3) is 0 Å². The Morgan fingerprint density at radius 3 is 2.83 bits per heavy atom. The molecule has 2 aliphatic rings. The van der Waals surface area contributed by atoms with Crippen molar-refractivity contribution in [1.82, 2.24) is 10.6 Å². The first-order chi connectivity index (χ1) is 11.3. The number of nitrogens with zero attached hydrogens (tertiary/aromatic N) is 1. The highest BCUT2D eigenvalue weighted by atomic mass is 16.5. The van der Waals surface area contributed by atoms with Crippen LogP contribution in [0.25, 0.3) is 0 Å². The molecule has 0 aliphatic carbocycles. The molecular formula is C18H28N4O. The van der Waals surface area contributed by atoms with Gasteiger partial charge < -0.3 is 20.7 Å². The minimum Gasteiger partial charge on any atom is -0.385 e. The molecule has 1 aromatic carbocycles. The lowest BCUT2D eigenvalue weighted by Gasteiger charge is -2.22. The standard InChI is InChI=1S/C18H28N4O/c1-2-19-18(22-16-13-15-9-10-17(16)23-15)21-12-6-11-20-14-7-4-3-5-8-14/h3-5,7-8,15-17,20H,2,6,9-13H2,1H3,(H2,19,21,22). The van der Waals surface area contributed by atoms with E-state index in [1.165, 1.54) is 18.5 Å². The summed E-state index contributed by atoms with van der Waals surface area (Å²) in [6.07, 6.45) is 5.38. The highest BCUT2D eigenvalue weighted by molar-refractivity contribution is 5.80. The summed E-state index contributed by atoms with van der Waals surface area (Å²) in [6, 6.07) is 10.7. The van der Waals surface area contributed by atoms with E-state index < -0.39 is 0 Å². The Hall–Kier alpha value is -1.75. The molecule has 23 heavy (non-hydrogen) atoms. The van der Waals surface area contributed by atoms with Crippen LogP contribution in [0.2, 0.25) is 0 Å². The summed E-state index contributed by atoms with van der Waals surface area (Å²) in [4.78, 5) is 4.69. The number of hydrogen-bond acceptors (Lipinski definition) is 3. The Kier molecular flexibility index (Phi) is 5.75. The van der Waals surface area contributed by atoms with Gasteiger partial charge in [-0.25, -0.2) is 0 Å². The van der Waals surface area contributed by atoms with Crippen molar-refractivity contribution in [1.29, 1.82) is 0 Å². The summed E-state index contributed by atoms with van der Waals surface area (Å²) < 4.78 is 5.90. The normalized spacial score (nSPS) is 26.3. The van der Waals surface area contributed by atoms with Crippen LogP contribution in [0, 0.1) is 0 Å². The minimum atomic E-state index is 0.378. The summed E-state index contributed by atoms with van der Waals surface area (Å²) in [5.74, 6) is 0.924. The monoisotopic (exact) mass is 316 g/mol. The molecule has 1 aromatic rings. The molecule has 2 saturated heterocycles. The number of hydrogen-bond donors (Lipinski definition) is 3. The number of nitrogens with one attached hydrogen (secondary N) is 3. The van der Waals surface area contributed by atoms with Gasteiger partial charge in [0.05, 0.1) is 18.2 Å². The van der Waals surface area contributed by atoms with Gasteiger partial charge in [-0.05, 0) is 44.7 Å². The fourth-order valence-electron chi connectivity index (χ4n) is 3.34. The van der Waals surface area contributed by atoms with E-state index in [2.05, 4.69) is 35.0 Å². The Morgan fingerprint density at radius 1 is 1.26 bits per heavy atom. The highest BCUT2D eigenvalue weighted by Gasteiger charge is 2.41. The molecule has 0 aromatic heterocycles. The van der Waals surface area contributed by atoms with Crippen molar-refractivity contribution in [3.63, 3.8) is 0 Å². The third-order valence-corrected chi connectivity index (χ3v) is 4.48. The summed E-state index contributed by atoms with van der Waals surface area (Å²) in [7, 11) is 0. The summed E-state index contributed by atoms with van der Waals surface area (Å²) in [5.41, 5.74) is 1.17. The molecule has 0 saturated carbocycles. The van der Waals surface area contributed by atoms with Gasteiger partial charge in [0, 0.05) is 25.3 Å². The van der Waals surface area contributed by atoms with Crippen LogP contribution in [0.15, 0.2) is 35.3 Å². The molecule has 0 amide bonds. The third kappa shape index (κ3) is 4.61. The minimum absolute atomic E-state index is 0.378. The zero-order valence-electron chi connectivity index (χ0n) is 13.9. The molecule has 3 atom stereocenters. The lowest BCUT2D eigenvalue weighted by molar-refractivity contribution is 0.0992. The summed E-state index contributed by atoms with van der Waals surface area (Å²) in [5, 5.41) is 10.3. The largest absolute Gasteiger partial charge is 0.385 e. The second-order valence-corrected chi connectivity index (χ2v) is 6.27. The predicted octanol–water partition coefficient (Wildman–Crippen LogP) is 2.36. The van der Waals surface area contributed by atoms with Crippen LogP contribution in [0.4, 0.5) is 5.69 Å². The van der Waals surface area contributed by atoms with Crippen LogP contribution in [-0.4, -0.2) is 43.8 Å². The molecule has 0 radical (unpaired) electrons. The van der Waals surface area contributed by atoms with Crippen LogP contribution >= 0.6 is 0 Å². The van der Waals surface area contributed by atoms with E-state index in [9.17, 15) is 0 Å². The zero-order chi connectivity index (χ0) is 15.9. The second kappa shape index (κ2) is 8.20. The molecule has 126 valence electrons. The fraction of sp³-hybridized carbons (Fsp3) is 0.611. The number of ether oxygens (including phenoxy) is 1. The van der Waals surface area contributed by atoms with Crippen LogP contribution < -0.4 is 16.0 Å². The molecule has 2 bridgehead atoms. The van der Waals surface area contributed by atoms with Gasteiger partial charge in [0.15, 0.2) is 5.96 Å².